The molecule has 0 bridgehead atoms. The second-order valence-electron chi connectivity index (χ2n) is 30.1. The second-order valence-corrected chi connectivity index (χ2v) is 31.1. The van der Waals surface area contributed by atoms with Crippen molar-refractivity contribution in [1.82, 2.24) is 0 Å². The van der Waals surface area contributed by atoms with Gasteiger partial charge in [0.25, 0.3) is 6.71 Å². The lowest BCUT2D eigenvalue weighted by Gasteiger charge is -2.51. The van der Waals surface area contributed by atoms with Crippen molar-refractivity contribution in [2.75, 3.05) is 14.7 Å². The van der Waals surface area contributed by atoms with E-state index < -0.39 is 0 Å². The maximum absolute atomic E-state index is 7.23. The van der Waals surface area contributed by atoms with Gasteiger partial charge in [0.2, 0.25) is 0 Å². The molecule has 0 saturated heterocycles. The molecule has 2 unspecified atom stereocenters. The molecular formula is C76H78BN3OS. The third kappa shape index (κ3) is 6.74. The van der Waals surface area contributed by atoms with E-state index in [-0.39, 0.29) is 44.7 Å². The van der Waals surface area contributed by atoms with Crippen LogP contribution >= 0.6 is 11.3 Å². The predicted molar refractivity (Wildman–Crippen MR) is 353 cm³/mol. The first-order valence-electron chi connectivity index (χ1n) is 30.9. The first-order chi connectivity index (χ1) is 39.0. The Hall–Kier alpha value is -6.76. The molecule has 2 aromatic heterocycles. The number of hydrogen-bond donors (Lipinski definition) is 0. The molecule has 3 aliphatic carbocycles. The van der Waals surface area contributed by atoms with Gasteiger partial charge in [0.05, 0.1) is 21.6 Å². The van der Waals surface area contributed by atoms with Crippen LogP contribution in [0.4, 0.5) is 45.5 Å². The summed E-state index contributed by atoms with van der Waals surface area (Å²) in [6.07, 6.45) is 9.37. The summed E-state index contributed by atoms with van der Waals surface area (Å²) < 4.78 is 9.86. The Morgan fingerprint density at radius 2 is 1.11 bits per heavy atom. The molecule has 6 heteroatoms. The van der Waals surface area contributed by atoms with Crippen LogP contribution in [0.5, 0.6) is 0 Å². The molecule has 10 aromatic rings. The smallest absolute Gasteiger partial charge is 0.252 e. The van der Waals surface area contributed by atoms with Gasteiger partial charge in [-0.15, -0.1) is 11.3 Å². The van der Waals surface area contributed by atoms with Crippen molar-refractivity contribution in [2.45, 2.75) is 179 Å². The van der Waals surface area contributed by atoms with Gasteiger partial charge in [-0.2, -0.15) is 0 Å². The summed E-state index contributed by atoms with van der Waals surface area (Å²) in [7, 11) is 0. The van der Waals surface area contributed by atoms with Crippen LogP contribution in [-0.4, -0.2) is 12.3 Å². The molecule has 1 saturated carbocycles. The summed E-state index contributed by atoms with van der Waals surface area (Å²) in [5.41, 5.74) is 24.8. The minimum Gasteiger partial charge on any atom is -0.454 e. The number of benzene rings is 8. The van der Waals surface area contributed by atoms with Gasteiger partial charge in [-0.3, -0.25) is 0 Å². The Kier molecular flexibility index (Phi) is 10.3. The van der Waals surface area contributed by atoms with Crippen molar-refractivity contribution >= 4 is 122 Å². The normalized spacial score (nSPS) is 22.5. The number of thiophene rings is 1. The molecule has 2 atom stereocenters. The first-order valence-corrected chi connectivity index (χ1v) is 31.7. The average Bonchev–Trinajstić information content (AvgIpc) is 1.35. The summed E-state index contributed by atoms with van der Waals surface area (Å²) in [6.45, 7) is 32.3. The number of furan rings is 1. The fourth-order valence-electron chi connectivity index (χ4n) is 17.2. The molecular weight excluding hydrogens is 1010 g/mol. The zero-order valence-corrected chi connectivity index (χ0v) is 51.5. The van der Waals surface area contributed by atoms with Crippen LogP contribution in [0, 0.1) is 0 Å². The minimum atomic E-state index is -0.188. The summed E-state index contributed by atoms with van der Waals surface area (Å²) in [4.78, 5) is 8.33. The van der Waals surface area contributed by atoms with Gasteiger partial charge in [0.1, 0.15) is 5.58 Å². The summed E-state index contributed by atoms with van der Waals surface area (Å²) in [5, 5.41) is 4.90. The van der Waals surface area contributed by atoms with E-state index in [2.05, 4.69) is 244 Å². The van der Waals surface area contributed by atoms with Crippen molar-refractivity contribution in [3.05, 3.63) is 173 Å². The van der Waals surface area contributed by atoms with Crippen LogP contribution in [0.2, 0.25) is 0 Å². The quantitative estimate of drug-likeness (QED) is 0.165. The monoisotopic (exact) mass is 1090 g/mol. The summed E-state index contributed by atoms with van der Waals surface area (Å²) >= 11 is 1.95. The highest BCUT2D eigenvalue weighted by atomic mass is 32.1. The largest absolute Gasteiger partial charge is 0.454 e. The number of anilines is 8. The molecule has 5 heterocycles. The van der Waals surface area contributed by atoms with E-state index in [0.717, 1.165) is 59.7 Å². The van der Waals surface area contributed by atoms with Crippen molar-refractivity contribution in [3.63, 3.8) is 0 Å². The number of para-hydroxylation sites is 2. The zero-order chi connectivity index (χ0) is 56.6. The molecule has 8 aromatic carbocycles. The fraction of sp³-hybridized carbons (Fsp3) is 0.368. The van der Waals surface area contributed by atoms with Crippen LogP contribution in [0.15, 0.2) is 144 Å². The lowest BCUT2D eigenvalue weighted by Crippen LogP contribution is -2.62. The number of fused-ring (bicyclic) bond motifs is 16. The van der Waals surface area contributed by atoms with E-state index in [1.807, 2.05) is 11.3 Å². The van der Waals surface area contributed by atoms with E-state index in [1.54, 1.807) is 0 Å². The number of hydrogen-bond acceptors (Lipinski definition) is 5. The first kappa shape index (κ1) is 50.9. The Balaban J connectivity index is 1.09. The Morgan fingerprint density at radius 1 is 0.463 bits per heavy atom. The summed E-state index contributed by atoms with van der Waals surface area (Å²) in [5.74, 6) is 0. The van der Waals surface area contributed by atoms with Crippen molar-refractivity contribution in [3.8, 4) is 0 Å². The van der Waals surface area contributed by atoms with E-state index in [4.69, 9.17) is 4.42 Å². The molecule has 0 amide bonds. The van der Waals surface area contributed by atoms with Crippen molar-refractivity contribution < 1.29 is 4.42 Å². The predicted octanol–water partition coefficient (Wildman–Crippen LogP) is 19.8. The van der Waals surface area contributed by atoms with E-state index in [9.17, 15) is 0 Å². The standard InChI is InChI=1S/C76H78BN3OS/c1-70(2,3)45-27-32-59-56(39-45)75(12)33-18-19-34-76(75,13)80(59)47-41-62-66-63(42-47)79(60-24-20-23-50-48-21-14-16-25-64(48)81-68(50)60)67-57(31-29-51-49-22-15-17-26-65(49)82-69(51)67)77(66)58-43-54-55(74(10,11)38-37-73(54,8)9)44-61(58)78(62)46-28-30-52-53(40-46)72(6,7)36-35-71(52,4)5/h14-17,20-32,39-44H,18-19,33-38H2,1-13H3. The molecule has 4 nitrogen and oxygen atoms in total. The Labute approximate surface area is 490 Å². The highest BCUT2D eigenvalue weighted by molar-refractivity contribution is 7.26. The van der Waals surface area contributed by atoms with Crippen LogP contribution < -0.4 is 31.1 Å². The highest BCUT2D eigenvalue weighted by Gasteiger charge is 2.59. The van der Waals surface area contributed by atoms with Gasteiger partial charge < -0.3 is 19.1 Å². The lowest BCUT2D eigenvalue weighted by atomic mass is 9.33. The number of nitrogens with zero attached hydrogens (tertiary/aromatic N) is 3. The second kappa shape index (κ2) is 16.5. The maximum atomic E-state index is 7.23. The van der Waals surface area contributed by atoms with Gasteiger partial charge in [0.15, 0.2) is 5.58 Å². The summed E-state index contributed by atoms with van der Waals surface area (Å²) in [6, 6.07) is 55.6. The molecule has 16 rings (SSSR count). The van der Waals surface area contributed by atoms with E-state index in [0.29, 0.717) is 0 Å². The molecule has 0 radical (unpaired) electrons. The fourth-order valence-corrected chi connectivity index (χ4v) is 18.4. The van der Waals surface area contributed by atoms with E-state index in [1.165, 1.54) is 129 Å². The molecule has 0 N–H and O–H groups in total. The molecule has 3 aliphatic heterocycles. The van der Waals surface area contributed by atoms with Gasteiger partial charge in [0, 0.05) is 65.8 Å². The molecule has 82 heavy (non-hydrogen) atoms. The van der Waals surface area contributed by atoms with Gasteiger partial charge >= 0.3 is 0 Å². The Morgan fingerprint density at radius 3 is 1.85 bits per heavy atom. The minimum absolute atomic E-state index is 0.00167. The highest BCUT2D eigenvalue weighted by Crippen LogP contribution is 2.63. The topological polar surface area (TPSA) is 22.9 Å². The number of rotatable bonds is 3. The van der Waals surface area contributed by atoms with Gasteiger partial charge in [-0.1, -0.05) is 181 Å². The van der Waals surface area contributed by atoms with E-state index >= 15 is 0 Å². The zero-order valence-electron chi connectivity index (χ0n) is 50.7. The Bertz CT molecular complexity index is 4430. The SMILES string of the molecule is CC(C)(C)c1ccc2c(c1)C1(C)CCCCC1(C)N2c1cc2c3c(c1)N(c1cccc4c1oc1ccccc14)c1c(ccc4c1sc1ccccc14)B3c1cc3c(cc1N2c1ccc2c(c1)C(C)(C)CCC2(C)C)C(C)(C)CCC3(C)C. The van der Waals surface area contributed by atoms with Gasteiger partial charge in [-0.25, -0.2) is 0 Å². The van der Waals surface area contributed by atoms with Crippen LogP contribution in [-0.2, 0) is 32.5 Å². The van der Waals surface area contributed by atoms with Crippen molar-refractivity contribution in [1.29, 1.82) is 0 Å². The third-order valence-electron chi connectivity index (χ3n) is 22.5. The molecule has 1 fully saturated rings. The van der Waals surface area contributed by atoms with Crippen LogP contribution in [0.25, 0.3) is 42.1 Å². The van der Waals surface area contributed by atoms with Crippen molar-refractivity contribution in [2.24, 2.45) is 0 Å². The molecule has 412 valence electrons. The van der Waals surface area contributed by atoms with Gasteiger partial charge in [-0.05, 0) is 177 Å². The lowest BCUT2D eigenvalue weighted by molar-refractivity contribution is 0.195. The molecule has 0 spiro atoms. The molecule has 6 aliphatic rings. The van der Waals surface area contributed by atoms with Crippen LogP contribution in [0.3, 0.4) is 0 Å². The average molecular weight is 1090 g/mol. The third-order valence-corrected chi connectivity index (χ3v) is 23.7. The maximum Gasteiger partial charge on any atom is 0.252 e. The van der Waals surface area contributed by atoms with Crippen LogP contribution in [0.1, 0.15) is 175 Å².